The molecule has 0 fully saturated rings. The van der Waals surface area contributed by atoms with Gasteiger partial charge < -0.3 is 0 Å². The number of ketones is 1. The molecule has 1 heteroatoms. The fraction of sp³-hybridized carbons (Fsp3) is 0.611. The molecule has 0 saturated heterocycles. The van der Waals surface area contributed by atoms with Crippen molar-refractivity contribution in [3.8, 4) is 0 Å². The minimum atomic E-state index is 0.183. The Balaban J connectivity index is 2.65. The number of carbonyl (C=O) groups is 1. The molecular weight excluding hydrogens is 232 g/mol. The molecule has 0 aromatic heterocycles. The van der Waals surface area contributed by atoms with Crippen molar-refractivity contribution in [1.82, 2.24) is 0 Å². The van der Waals surface area contributed by atoms with Crippen LogP contribution in [0.4, 0.5) is 0 Å². The molecule has 104 valence electrons. The third kappa shape index (κ3) is 2.48. The van der Waals surface area contributed by atoms with Gasteiger partial charge in [-0.05, 0) is 66.7 Å². The number of aryl methyl sites for hydroxylation is 1. The summed E-state index contributed by atoms with van der Waals surface area (Å²) in [4.78, 5) is 11.8. The van der Waals surface area contributed by atoms with E-state index in [1.54, 1.807) is 6.92 Å². The standard InChI is InChI=1S/C18H26O/c1-11(2)14-7-8-18(5,6)17-10-15(13(4)19)12(3)9-16(14)17/h9-11,14H,7-8H2,1-6H3/t14-/m1/s1. The van der Waals surface area contributed by atoms with Crippen LogP contribution < -0.4 is 0 Å². The smallest absolute Gasteiger partial charge is 0.160 e. The predicted molar refractivity (Wildman–Crippen MR) is 81.0 cm³/mol. The van der Waals surface area contributed by atoms with Crippen LogP contribution in [0.15, 0.2) is 12.1 Å². The SMILES string of the molecule is CC(=O)c1cc2c(cc1C)[C@@H](C(C)C)CCC2(C)C. The lowest BCUT2D eigenvalue weighted by molar-refractivity contribution is 0.101. The molecule has 1 nitrogen and oxygen atoms in total. The van der Waals surface area contributed by atoms with Crippen molar-refractivity contribution < 1.29 is 4.79 Å². The molecule has 0 aliphatic heterocycles. The number of benzene rings is 1. The normalized spacial score (nSPS) is 21.3. The number of hydrogen-bond acceptors (Lipinski definition) is 1. The molecule has 0 bridgehead atoms. The molecule has 2 rings (SSSR count). The molecule has 1 aliphatic carbocycles. The van der Waals surface area contributed by atoms with Crippen molar-refractivity contribution in [3.05, 3.63) is 34.4 Å². The van der Waals surface area contributed by atoms with E-state index in [0.717, 1.165) is 11.1 Å². The zero-order valence-corrected chi connectivity index (χ0v) is 13.1. The Hall–Kier alpha value is -1.11. The summed E-state index contributed by atoms with van der Waals surface area (Å²) < 4.78 is 0. The Morgan fingerprint density at radius 3 is 2.47 bits per heavy atom. The number of carbonyl (C=O) groups excluding carboxylic acids is 1. The molecule has 0 saturated carbocycles. The fourth-order valence-electron chi connectivity index (χ4n) is 3.50. The maximum atomic E-state index is 11.8. The van der Waals surface area contributed by atoms with Gasteiger partial charge in [-0.1, -0.05) is 33.8 Å². The van der Waals surface area contributed by atoms with Crippen LogP contribution in [0, 0.1) is 12.8 Å². The summed E-state index contributed by atoms with van der Waals surface area (Å²) in [6, 6.07) is 4.44. The number of rotatable bonds is 2. The highest BCUT2D eigenvalue weighted by Gasteiger charge is 2.34. The van der Waals surface area contributed by atoms with Crippen LogP contribution in [-0.4, -0.2) is 5.78 Å². The summed E-state index contributed by atoms with van der Waals surface area (Å²) >= 11 is 0. The van der Waals surface area contributed by atoms with Crippen LogP contribution in [0.1, 0.15) is 80.4 Å². The van der Waals surface area contributed by atoms with Gasteiger partial charge >= 0.3 is 0 Å². The topological polar surface area (TPSA) is 17.1 Å². The van der Waals surface area contributed by atoms with Crippen LogP contribution in [0.5, 0.6) is 0 Å². The Morgan fingerprint density at radius 2 is 1.95 bits per heavy atom. The lowest BCUT2D eigenvalue weighted by Crippen LogP contribution is -2.28. The van der Waals surface area contributed by atoms with Gasteiger partial charge in [-0.25, -0.2) is 0 Å². The zero-order chi connectivity index (χ0) is 14.4. The molecule has 1 aliphatic rings. The molecule has 0 N–H and O–H groups in total. The number of fused-ring (bicyclic) bond motifs is 1. The summed E-state index contributed by atoms with van der Waals surface area (Å²) in [5.74, 6) is 1.49. The summed E-state index contributed by atoms with van der Waals surface area (Å²) in [6.45, 7) is 13.0. The van der Waals surface area contributed by atoms with Crippen molar-refractivity contribution in [2.45, 2.75) is 65.7 Å². The summed E-state index contributed by atoms with van der Waals surface area (Å²) in [5.41, 5.74) is 5.10. The minimum absolute atomic E-state index is 0.183. The molecule has 0 radical (unpaired) electrons. The molecule has 1 atom stereocenters. The van der Waals surface area contributed by atoms with Crippen LogP contribution in [0.2, 0.25) is 0 Å². The first-order valence-corrected chi connectivity index (χ1v) is 7.40. The molecular formula is C18H26O. The van der Waals surface area contributed by atoms with Gasteiger partial charge in [0.1, 0.15) is 0 Å². The first-order chi connectivity index (χ1) is 8.74. The third-order valence-electron chi connectivity index (χ3n) is 4.79. The summed E-state index contributed by atoms with van der Waals surface area (Å²) in [7, 11) is 0. The second-order valence-electron chi connectivity index (χ2n) is 7.08. The molecule has 19 heavy (non-hydrogen) atoms. The number of Topliss-reactive ketones (excluding diaryl/α,β-unsaturated/α-hetero) is 1. The highest BCUT2D eigenvalue weighted by molar-refractivity contribution is 5.96. The summed E-state index contributed by atoms with van der Waals surface area (Å²) in [5, 5.41) is 0. The van der Waals surface area contributed by atoms with Crippen LogP contribution in [0.25, 0.3) is 0 Å². The zero-order valence-electron chi connectivity index (χ0n) is 13.1. The van der Waals surface area contributed by atoms with E-state index in [0.29, 0.717) is 11.8 Å². The van der Waals surface area contributed by atoms with Crippen molar-refractivity contribution in [2.75, 3.05) is 0 Å². The van der Waals surface area contributed by atoms with Gasteiger partial charge in [-0.15, -0.1) is 0 Å². The average Bonchev–Trinajstić information content (AvgIpc) is 2.26. The molecule has 1 aromatic carbocycles. The predicted octanol–water partition coefficient (Wildman–Crippen LogP) is 5.01. The van der Waals surface area contributed by atoms with E-state index in [1.165, 1.54) is 24.0 Å². The highest BCUT2D eigenvalue weighted by Crippen LogP contribution is 2.46. The van der Waals surface area contributed by atoms with Crippen LogP contribution >= 0.6 is 0 Å². The van der Waals surface area contributed by atoms with Crippen molar-refractivity contribution >= 4 is 5.78 Å². The van der Waals surface area contributed by atoms with E-state index >= 15 is 0 Å². The molecule has 1 aromatic rings. The van der Waals surface area contributed by atoms with Gasteiger partial charge in [-0.2, -0.15) is 0 Å². The third-order valence-corrected chi connectivity index (χ3v) is 4.79. The van der Waals surface area contributed by atoms with Gasteiger partial charge in [0.25, 0.3) is 0 Å². The Bertz CT molecular complexity index is 509. The van der Waals surface area contributed by atoms with Crippen LogP contribution in [-0.2, 0) is 5.41 Å². The monoisotopic (exact) mass is 258 g/mol. The first kappa shape index (κ1) is 14.3. The number of hydrogen-bond donors (Lipinski definition) is 0. The van der Waals surface area contributed by atoms with Gasteiger partial charge in [0.05, 0.1) is 0 Å². The van der Waals surface area contributed by atoms with Crippen molar-refractivity contribution in [1.29, 1.82) is 0 Å². The lowest BCUT2D eigenvalue weighted by atomic mass is 9.65. The second kappa shape index (κ2) is 4.77. The van der Waals surface area contributed by atoms with E-state index in [4.69, 9.17) is 0 Å². The quantitative estimate of drug-likeness (QED) is 0.682. The Kier molecular flexibility index (Phi) is 3.59. The Morgan fingerprint density at radius 1 is 1.32 bits per heavy atom. The van der Waals surface area contributed by atoms with Crippen molar-refractivity contribution in [3.63, 3.8) is 0 Å². The average molecular weight is 258 g/mol. The van der Waals surface area contributed by atoms with Crippen molar-refractivity contribution in [2.24, 2.45) is 5.92 Å². The van der Waals surface area contributed by atoms with Gasteiger partial charge in [0.15, 0.2) is 5.78 Å². The highest BCUT2D eigenvalue weighted by atomic mass is 16.1. The van der Waals surface area contributed by atoms with E-state index in [1.807, 2.05) is 0 Å². The summed E-state index contributed by atoms with van der Waals surface area (Å²) in [6.07, 6.45) is 2.47. The molecule has 0 amide bonds. The first-order valence-electron chi connectivity index (χ1n) is 7.40. The molecule has 0 spiro atoms. The lowest BCUT2D eigenvalue weighted by Gasteiger charge is -2.39. The van der Waals surface area contributed by atoms with E-state index in [9.17, 15) is 4.79 Å². The minimum Gasteiger partial charge on any atom is -0.295 e. The van der Waals surface area contributed by atoms with Gasteiger partial charge in [0, 0.05) is 5.56 Å². The maximum absolute atomic E-state index is 11.8. The maximum Gasteiger partial charge on any atom is 0.160 e. The van der Waals surface area contributed by atoms with Gasteiger partial charge in [0.2, 0.25) is 0 Å². The second-order valence-corrected chi connectivity index (χ2v) is 7.08. The largest absolute Gasteiger partial charge is 0.295 e. The van der Waals surface area contributed by atoms with Crippen LogP contribution in [0.3, 0.4) is 0 Å². The van der Waals surface area contributed by atoms with E-state index < -0.39 is 0 Å². The Labute approximate surface area is 117 Å². The van der Waals surface area contributed by atoms with E-state index in [2.05, 4.69) is 46.8 Å². The van der Waals surface area contributed by atoms with Gasteiger partial charge in [-0.3, -0.25) is 4.79 Å². The molecule has 0 heterocycles. The van der Waals surface area contributed by atoms with E-state index in [-0.39, 0.29) is 11.2 Å². The fourth-order valence-corrected chi connectivity index (χ4v) is 3.50. The molecule has 0 unspecified atom stereocenters.